The molecule has 1 heterocycles. The Labute approximate surface area is 131 Å². The molecular formula is C16H25ClN2O2. The number of nitrogens with zero attached hydrogens (tertiary/aromatic N) is 1. The second-order valence-corrected chi connectivity index (χ2v) is 6.55. The third kappa shape index (κ3) is 2.48. The molecule has 1 aliphatic heterocycles. The van der Waals surface area contributed by atoms with Crippen LogP contribution >= 0.6 is 11.6 Å². The SMILES string of the molecule is CCC1(CC)C(=O)NC2(CCCC2)C(=O)N1CC(C)=CCl. The molecule has 1 saturated carbocycles. The van der Waals surface area contributed by atoms with Crippen molar-refractivity contribution in [2.75, 3.05) is 6.54 Å². The summed E-state index contributed by atoms with van der Waals surface area (Å²) in [4.78, 5) is 27.7. The molecule has 0 aromatic heterocycles. The predicted molar refractivity (Wildman–Crippen MR) is 84.0 cm³/mol. The van der Waals surface area contributed by atoms with E-state index in [-0.39, 0.29) is 11.8 Å². The van der Waals surface area contributed by atoms with E-state index >= 15 is 0 Å². The van der Waals surface area contributed by atoms with Gasteiger partial charge in [-0.15, -0.1) is 0 Å². The van der Waals surface area contributed by atoms with Crippen LogP contribution in [0.5, 0.6) is 0 Å². The summed E-state index contributed by atoms with van der Waals surface area (Å²) in [7, 11) is 0. The average molecular weight is 313 g/mol. The van der Waals surface area contributed by atoms with Crippen molar-refractivity contribution in [1.82, 2.24) is 10.2 Å². The summed E-state index contributed by atoms with van der Waals surface area (Å²) in [6, 6.07) is 0. The highest BCUT2D eigenvalue weighted by molar-refractivity contribution is 6.25. The van der Waals surface area contributed by atoms with Crippen molar-refractivity contribution in [2.45, 2.75) is 70.4 Å². The van der Waals surface area contributed by atoms with E-state index in [0.29, 0.717) is 19.4 Å². The van der Waals surface area contributed by atoms with Gasteiger partial charge in [0, 0.05) is 12.1 Å². The number of nitrogens with one attached hydrogen (secondary N) is 1. The monoisotopic (exact) mass is 312 g/mol. The van der Waals surface area contributed by atoms with Gasteiger partial charge in [-0.3, -0.25) is 9.59 Å². The number of carbonyl (C=O) groups is 2. The van der Waals surface area contributed by atoms with Crippen molar-refractivity contribution in [1.29, 1.82) is 0 Å². The first-order valence-corrected chi connectivity index (χ1v) is 8.30. The quantitative estimate of drug-likeness (QED) is 0.867. The maximum atomic E-state index is 13.1. The van der Waals surface area contributed by atoms with Crippen LogP contribution < -0.4 is 5.32 Å². The van der Waals surface area contributed by atoms with Gasteiger partial charge in [-0.05, 0) is 38.2 Å². The molecular weight excluding hydrogens is 288 g/mol. The van der Waals surface area contributed by atoms with Gasteiger partial charge in [-0.1, -0.05) is 38.3 Å². The Hall–Kier alpha value is -1.03. The zero-order valence-corrected chi connectivity index (χ0v) is 13.9. The molecule has 4 nitrogen and oxygen atoms in total. The summed E-state index contributed by atoms with van der Waals surface area (Å²) in [5.74, 6) is 0.0672. The summed E-state index contributed by atoms with van der Waals surface area (Å²) in [6.07, 6.45) is 4.73. The molecule has 1 N–H and O–H groups in total. The Kier molecular flexibility index (Phi) is 4.66. The minimum absolute atomic E-state index is 0.00336. The van der Waals surface area contributed by atoms with Crippen molar-refractivity contribution in [2.24, 2.45) is 0 Å². The molecule has 1 aliphatic carbocycles. The summed E-state index contributed by atoms with van der Waals surface area (Å²) < 4.78 is 0. The van der Waals surface area contributed by atoms with E-state index in [1.807, 2.05) is 20.8 Å². The lowest BCUT2D eigenvalue weighted by molar-refractivity contribution is -0.163. The fourth-order valence-corrected chi connectivity index (χ4v) is 3.81. The smallest absolute Gasteiger partial charge is 0.249 e. The maximum Gasteiger partial charge on any atom is 0.249 e. The largest absolute Gasteiger partial charge is 0.340 e. The number of hydrogen-bond acceptors (Lipinski definition) is 2. The highest BCUT2D eigenvalue weighted by atomic mass is 35.5. The maximum absolute atomic E-state index is 13.1. The first-order valence-electron chi connectivity index (χ1n) is 7.86. The van der Waals surface area contributed by atoms with Crippen LogP contribution in [0.2, 0.25) is 0 Å². The van der Waals surface area contributed by atoms with Gasteiger partial charge in [0.2, 0.25) is 11.8 Å². The molecule has 1 saturated heterocycles. The van der Waals surface area contributed by atoms with E-state index in [4.69, 9.17) is 11.6 Å². The van der Waals surface area contributed by atoms with Gasteiger partial charge in [0.25, 0.3) is 0 Å². The fourth-order valence-electron chi connectivity index (χ4n) is 3.74. The van der Waals surface area contributed by atoms with Crippen molar-refractivity contribution >= 4 is 23.4 Å². The summed E-state index contributed by atoms with van der Waals surface area (Å²) in [5.41, 5.74) is 0.986. The van der Waals surface area contributed by atoms with Crippen LogP contribution in [0.15, 0.2) is 11.1 Å². The van der Waals surface area contributed by atoms with Crippen molar-refractivity contribution in [3.63, 3.8) is 0 Å². The molecule has 2 amide bonds. The molecule has 0 aromatic carbocycles. The van der Waals surface area contributed by atoms with Crippen molar-refractivity contribution in [3.8, 4) is 0 Å². The Morgan fingerprint density at radius 2 is 1.86 bits per heavy atom. The van der Waals surface area contributed by atoms with Gasteiger partial charge in [0.05, 0.1) is 0 Å². The van der Waals surface area contributed by atoms with E-state index in [1.54, 1.807) is 4.90 Å². The number of rotatable bonds is 4. The molecule has 1 spiro atoms. The Bertz CT molecular complexity index is 463. The number of amides is 2. The van der Waals surface area contributed by atoms with Gasteiger partial charge in [0.1, 0.15) is 11.1 Å². The number of hydrogen-bond donors (Lipinski definition) is 1. The highest BCUT2D eigenvalue weighted by Crippen LogP contribution is 2.40. The minimum atomic E-state index is -0.744. The van der Waals surface area contributed by atoms with Crippen molar-refractivity contribution in [3.05, 3.63) is 11.1 Å². The van der Waals surface area contributed by atoms with Crippen LogP contribution in [0, 0.1) is 0 Å². The lowest BCUT2D eigenvalue weighted by Crippen LogP contribution is -2.75. The Morgan fingerprint density at radius 3 is 2.33 bits per heavy atom. The molecule has 2 aliphatic rings. The van der Waals surface area contributed by atoms with Crippen LogP contribution in [0.25, 0.3) is 0 Å². The van der Waals surface area contributed by atoms with E-state index in [1.165, 1.54) is 5.54 Å². The molecule has 5 heteroatoms. The molecule has 0 aromatic rings. The van der Waals surface area contributed by atoms with Crippen LogP contribution in [-0.2, 0) is 9.59 Å². The summed E-state index contributed by atoms with van der Waals surface area (Å²) >= 11 is 5.79. The average Bonchev–Trinajstić information content (AvgIpc) is 2.95. The van der Waals surface area contributed by atoms with Crippen LogP contribution in [-0.4, -0.2) is 34.3 Å². The first kappa shape index (κ1) is 16.3. The zero-order valence-electron chi connectivity index (χ0n) is 13.2. The van der Waals surface area contributed by atoms with E-state index < -0.39 is 11.1 Å². The van der Waals surface area contributed by atoms with Gasteiger partial charge in [-0.2, -0.15) is 0 Å². The molecule has 0 atom stereocenters. The number of carbonyl (C=O) groups excluding carboxylic acids is 2. The fraction of sp³-hybridized carbons (Fsp3) is 0.750. The third-order valence-corrected chi connectivity index (χ3v) is 5.54. The normalized spacial score (nSPS) is 24.6. The summed E-state index contributed by atoms with van der Waals surface area (Å²) in [6.45, 7) is 6.26. The molecule has 2 fully saturated rings. The second-order valence-electron chi connectivity index (χ2n) is 6.33. The molecule has 0 unspecified atom stereocenters. The summed E-state index contributed by atoms with van der Waals surface area (Å²) in [5, 5.41) is 3.07. The highest BCUT2D eigenvalue weighted by Gasteiger charge is 2.57. The molecule has 2 rings (SSSR count). The first-order chi connectivity index (χ1) is 9.95. The number of piperazine rings is 1. The van der Waals surface area contributed by atoms with E-state index in [2.05, 4.69) is 5.32 Å². The molecule has 0 bridgehead atoms. The van der Waals surface area contributed by atoms with Gasteiger partial charge in [-0.25, -0.2) is 0 Å². The van der Waals surface area contributed by atoms with Gasteiger partial charge >= 0.3 is 0 Å². The number of halogens is 1. The predicted octanol–water partition coefficient (Wildman–Crippen LogP) is 2.96. The Balaban J connectivity index is 2.43. The molecule has 21 heavy (non-hydrogen) atoms. The lowest BCUT2D eigenvalue weighted by Gasteiger charge is -2.51. The topological polar surface area (TPSA) is 49.4 Å². The van der Waals surface area contributed by atoms with Gasteiger partial charge < -0.3 is 10.2 Å². The standard InChI is InChI=1S/C16H25ClN2O2/c1-4-16(5-2)13(20)18-15(8-6-7-9-15)14(21)19(16)11-12(3)10-17/h10H,4-9,11H2,1-3H3,(H,18,20). The minimum Gasteiger partial charge on any atom is -0.340 e. The Morgan fingerprint density at radius 1 is 1.29 bits per heavy atom. The van der Waals surface area contributed by atoms with Crippen LogP contribution in [0.3, 0.4) is 0 Å². The molecule has 0 radical (unpaired) electrons. The van der Waals surface area contributed by atoms with Crippen molar-refractivity contribution < 1.29 is 9.59 Å². The van der Waals surface area contributed by atoms with E-state index in [0.717, 1.165) is 31.3 Å². The second kappa shape index (κ2) is 5.99. The van der Waals surface area contributed by atoms with Crippen LogP contribution in [0.4, 0.5) is 0 Å². The zero-order chi connectivity index (χ0) is 15.7. The van der Waals surface area contributed by atoms with E-state index in [9.17, 15) is 9.59 Å². The van der Waals surface area contributed by atoms with Gasteiger partial charge in [0.15, 0.2) is 0 Å². The van der Waals surface area contributed by atoms with Crippen LogP contribution in [0.1, 0.15) is 59.3 Å². The lowest BCUT2D eigenvalue weighted by atomic mass is 9.80. The molecule has 118 valence electrons. The third-order valence-electron chi connectivity index (χ3n) is 5.17.